The minimum Gasteiger partial charge on any atom is -0.313 e. The predicted octanol–water partition coefficient (Wildman–Crippen LogP) is 13.0. The van der Waals surface area contributed by atoms with Gasteiger partial charge in [0.05, 0.1) is 5.52 Å². The molecule has 1 aromatic heterocycles. The lowest BCUT2D eigenvalue weighted by Crippen LogP contribution is -2.15. The molecule has 2 heteroatoms. The van der Waals surface area contributed by atoms with E-state index in [0.717, 1.165) is 24.2 Å². The standard InChI is InChI=1S/C48H42N2/c1-31-10-18-36(19-11-31)49(39-24-25-45-41(30-39)40-8-6-7-9-44(40)48(45,4)5)37-20-14-34(15-21-37)35-16-22-38(23-17-35)50-46-26-12-32(2)28-42(46)43-29-33(3)13-27-47(43)50/h6-12,14-26,28-30H,13,27H2,1-5H3. The second-order valence-electron chi connectivity index (χ2n) is 14.9. The Labute approximate surface area is 296 Å². The van der Waals surface area contributed by atoms with E-state index in [9.17, 15) is 0 Å². The lowest BCUT2D eigenvalue weighted by molar-refractivity contribution is 0.660. The van der Waals surface area contributed by atoms with Crippen LogP contribution in [0.5, 0.6) is 0 Å². The fourth-order valence-electron chi connectivity index (χ4n) is 8.41. The monoisotopic (exact) mass is 646 g/mol. The molecule has 0 saturated heterocycles. The molecule has 244 valence electrons. The van der Waals surface area contributed by atoms with E-state index in [1.165, 1.54) is 83.6 Å². The van der Waals surface area contributed by atoms with Crippen molar-refractivity contribution in [1.82, 2.24) is 4.57 Å². The smallest absolute Gasteiger partial charge is 0.0537 e. The first kappa shape index (κ1) is 30.5. The molecule has 0 spiro atoms. The quantitative estimate of drug-likeness (QED) is 0.181. The molecule has 50 heavy (non-hydrogen) atoms. The summed E-state index contributed by atoms with van der Waals surface area (Å²) >= 11 is 0. The summed E-state index contributed by atoms with van der Waals surface area (Å²) in [7, 11) is 0. The van der Waals surface area contributed by atoms with Gasteiger partial charge >= 0.3 is 0 Å². The zero-order valence-electron chi connectivity index (χ0n) is 29.6. The van der Waals surface area contributed by atoms with Gasteiger partial charge in [-0.05, 0) is 128 Å². The van der Waals surface area contributed by atoms with Crippen LogP contribution in [-0.4, -0.2) is 4.57 Å². The van der Waals surface area contributed by atoms with E-state index >= 15 is 0 Å². The molecule has 1 heterocycles. The van der Waals surface area contributed by atoms with Gasteiger partial charge in [0.25, 0.3) is 0 Å². The predicted molar refractivity (Wildman–Crippen MR) is 212 cm³/mol. The van der Waals surface area contributed by atoms with Crippen molar-refractivity contribution in [3.05, 3.63) is 173 Å². The summed E-state index contributed by atoms with van der Waals surface area (Å²) in [5.41, 5.74) is 20.7. The fraction of sp³-hybridized carbons (Fsp3) is 0.167. The van der Waals surface area contributed by atoms with Crippen LogP contribution in [0.15, 0.2) is 139 Å². The number of hydrogen-bond donors (Lipinski definition) is 0. The Balaban J connectivity index is 1.08. The van der Waals surface area contributed by atoms with Crippen LogP contribution in [-0.2, 0) is 11.8 Å². The van der Waals surface area contributed by atoms with Crippen molar-refractivity contribution in [3.8, 4) is 27.9 Å². The molecule has 0 aliphatic heterocycles. The van der Waals surface area contributed by atoms with Crippen molar-refractivity contribution < 1.29 is 0 Å². The molecule has 0 fully saturated rings. The van der Waals surface area contributed by atoms with E-state index < -0.39 is 0 Å². The number of rotatable bonds is 5. The van der Waals surface area contributed by atoms with Crippen LogP contribution in [0.2, 0.25) is 0 Å². The van der Waals surface area contributed by atoms with Gasteiger partial charge in [-0.3, -0.25) is 0 Å². The highest BCUT2D eigenvalue weighted by molar-refractivity contribution is 5.94. The lowest BCUT2D eigenvalue weighted by Gasteiger charge is -2.27. The minimum absolute atomic E-state index is 0.0146. The third-order valence-corrected chi connectivity index (χ3v) is 11.1. The third kappa shape index (κ3) is 4.85. The summed E-state index contributed by atoms with van der Waals surface area (Å²) in [5.74, 6) is 0. The summed E-state index contributed by atoms with van der Waals surface area (Å²) in [6.45, 7) is 11.3. The normalized spacial score (nSPS) is 14.2. The zero-order valence-corrected chi connectivity index (χ0v) is 29.6. The van der Waals surface area contributed by atoms with Crippen LogP contribution in [0.3, 0.4) is 0 Å². The van der Waals surface area contributed by atoms with Gasteiger partial charge < -0.3 is 9.47 Å². The van der Waals surface area contributed by atoms with E-state index in [1.54, 1.807) is 0 Å². The van der Waals surface area contributed by atoms with Crippen LogP contribution in [0.25, 0.3) is 44.9 Å². The van der Waals surface area contributed by atoms with Gasteiger partial charge in [0.1, 0.15) is 0 Å². The van der Waals surface area contributed by atoms with E-state index in [1.807, 2.05) is 0 Å². The molecule has 0 amide bonds. The Morgan fingerprint density at radius 3 is 1.92 bits per heavy atom. The number of allylic oxidation sites excluding steroid dienone is 1. The summed E-state index contributed by atoms with van der Waals surface area (Å²) in [4.78, 5) is 2.39. The second kappa shape index (κ2) is 11.5. The molecule has 7 aromatic rings. The van der Waals surface area contributed by atoms with Crippen molar-refractivity contribution in [1.29, 1.82) is 0 Å². The zero-order chi connectivity index (χ0) is 34.1. The fourth-order valence-corrected chi connectivity index (χ4v) is 8.41. The number of fused-ring (bicyclic) bond motifs is 6. The maximum Gasteiger partial charge on any atom is 0.0537 e. The van der Waals surface area contributed by atoms with Gasteiger partial charge in [0.15, 0.2) is 0 Å². The number of benzene rings is 6. The molecular formula is C48H42N2. The van der Waals surface area contributed by atoms with E-state index in [4.69, 9.17) is 0 Å². The number of hydrogen-bond acceptors (Lipinski definition) is 1. The first-order valence-electron chi connectivity index (χ1n) is 17.9. The van der Waals surface area contributed by atoms with E-state index in [2.05, 4.69) is 184 Å². The second-order valence-corrected chi connectivity index (χ2v) is 14.9. The highest BCUT2D eigenvalue weighted by atomic mass is 15.1. The Morgan fingerprint density at radius 1 is 0.560 bits per heavy atom. The first-order valence-corrected chi connectivity index (χ1v) is 17.9. The van der Waals surface area contributed by atoms with Gasteiger partial charge in [0.2, 0.25) is 0 Å². The lowest BCUT2D eigenvalue weighted by atomic mass is 9.82. The Morgan fingerprint density at radius 2 is 1.18 bits per heavy atom. The average Bonchev–Trinajstić information content (AvgIpc) is 3.57. The molecule has 6 aromatic carbocycles. The first-order chi connectivity index (χ1) is 24.3. The SMILES string of the molecule is CC1=Cc2c(n(-c3ccc(-c4ccc(N(c5ccc(C)cc5)c5ccc6c(c5)-c5ccccc5C6(C)C)cc4)cc3)c3ccc(C)cc23)CC1. The van der Waals surface area contributed by atoms with Crippen LogP contribution in [0.4, 0.5) is 17.1 Å². The highest BCUT2D eigenvalue weighted by Crippen LogP contribution is 2.50. The molecule has 0 N–H and O–H groups in total. The van der Waals surface area contributed by atoms with Crippen molar-refractivity contribution in [3.63, 3.8) is 0 Å². The van der Waals surface area contributed by atoms with Crippen LogP contribution < -0.4 is 4.90 Å². The number of anilines is 3. The number of aryl methyl sites for hydroxylation is 2. The molecule has 2 aliphatic rings. The van der Waals surface area contributed by atoms with Gasteiger partial charge in [-0.1, -0.05) is 109 Å². The van der Waals surface area contributed by atoms with Gasteiger partial charge in [-0.15, -0.1) is 0 Å². The molecule has 9 rings (SSSR count). The Kier molecular flexibility index (Phi) is 7.00. The molecule has 0 unspecified atom stereocenters. The molecule has 2 aliphatic carbocycles. The van der Waals surface area contributed by atoms with Gasteiger partial charge in [-0.2, -0.15) is 0 Å². The molecule has 2 nitrogen and oxygen atoms in total. The van der Waals surface area contributed by atoms with Crippen molar-refractivity contribution >= 4 is 34.0 Å². The van der Waals surface area contributed by atoms with Crippen LogP contribution in [0, 0.1) is 13.8 Å². The molecule has 0 saturated carbocycles. The maximum absolute atomic E-state index is 2.48. The summed E-state index contributed by atoms with van der Waals surface area (Å²) in [5, 5.41) is 1.35. The van der Waals surface area contributed by atoms with Crippen LogP contribution >= 0.6 is 0 Å². The van der Waals surface area contributed by atoms with Crippen molar-refractivity contribution in [2.24, 2.45) is 0 Å². The highest BCUT2D eigenvalue weighted by Gasteiger charge is 2.35. The average molecular weight is 647 g/mol. The van der Waals surface area contributed by atoms with E-state index in [-0.39, 0.29) is 5.41 Å². The van der Waals surface area contributed by atoms with E-state index in [0.29, 0.717) is 0 Å². The largest absolute Gasteiger partial charge is 0.313 e. The van der Waals surface area contributed by atoms with Crippen LogP contribution in [0.1, 0.15) is 60.7 Å². The van der Waals surface area contributed by atoms with Crippen molar-refractivity contribution in [2.45, 2.75) is 52.9 Å². The van der Waals surface area contributed by atoms with Gasteiger partial charge in [0, 0.05) is 44.8 Å². The Bertz CT molecular complexity index is 2450. The molecule has 0 radical (unpaired) electrons. The summed E-state index contributed by atoms with van der Waals surface area (Å²) in [6, 6.07) is 49.8. The molecule has 0 atom stereocenters. The minimum atomic E-state index is -0.0146. The number of nitrogens with zero attached hydrogens (tertiary/aromatic N) is 2. The topological polar surface area (TPSA) is 8.17 Å². The summed E-state index contributed by atoms with van der Waals surface area (Å²) < 4.78 is 2.48. The summed E-state index contributed by atoms with van der Waals surface area (Å²) in [6.07, 6.45) is 4.58. The maximum atomic E-state index is 2.48. The Hall–Kier alpha value is -5.60. The third-order valence-electron chi connectivity index (χ3n) is 11.1. The molecule has 0 bridgehead atoms. The van der Waals surface area contributed by atoms with Gasteiger partial charge in [-0.25, -0.2) is 0 Å². The van der Waals surface area contributed by atoms with Crippen molar-refractivity contribution in [2.75, 3.05) is 4.90 Å². The molecular weight excluding hydrogens is 605 g/mol. The number of aromatic nitrogens is 1.